The van der Waals surface area contributed by atoms with Crippen LogP contribution in [0.2, 0.25) is 0 Å². The predicted octanol–water partition coefficient (Wildman–Crippen LogP) is -0.462. The maximum atomic E-state index is 10.8. The van der Waals surface area contributed by atoms with E-state index in [4.69, 9.17) is 9.47 Å². The van der Waals surface area contributed by atoms with Crippen LogP contribution >= 0.6 is 0 Å². The Kier molecular flexibility index (Phi) is 3.32. The number of nitrogens with one attached hydrogen (secondary N) is 1. The SMILES string of the molecule is COCCCOC(=O)[C@@H]1CN1. The Morgan fingerprint density at radius 3 is 2.91 bits per heavy atom. The molecule has 4 nitrogen and oxygen atoms in total. The number of rotatable bonds is 5. The first-order valence-corrected chi connectivity index (χ1v) is 3.73. The lowest BCUT2D eigenvalue weighted by Crippen LogP contribution is -2.15. The lowest BCUT2D eigenvalue weighted by Gasteiger charge is -2.01. The third-order valence-electron chi connectivity index (χ3n) is 1.43. The minimum atomic E-state index is -0.138. The second-order valence-electron chi connectivity index (χ2n) is 2.47. The van der Waals surface area contributed by atoms with Crippen LogP contribution in [-0.4, -0.2) is 38.9 Å². The summed E-state index contributed by atoms with van der Waals surface area (Å²) in [5.41, 5.74) is 0. The highest BCUT2D eigenvalue weighted by molar-refractivity contribution is 5.78. The number of carbonyl (C=O) groups excluding carboxylic acids is 1. The standard InChI is InChI=1S/C7H13NO3/c1-10-3-2-4-11-7(9)6-5-8-6/h6,8H,2-5H2,1H3/t6-/m0/s1. The van der Waals surface area contributed by atoms with Gasteiger partial charge in [-0.05, 0) is 0 Å². The Bertz CT molecular complexity index is 134. The minimum absolute atomic E-state index is 0.0301. The summed E-state index contributed by atoms with van der Waals surface area (Å²) in [5, 5.41) is 2.87. The molecule has 0 spiro atoms. The van der Waals surface area contributed by atoms with Crippen LogP contribution < -0.4 is 5.32 Å². The number of carbonyl (C=O) groups is 1. The summed E-state index contributed by atoms with van der Waals surface area (Å²) >= 11 is 0. The Labute approximate surface area is 65.9 Å². The molecule has 0 aromatic carbocycles. The Hall–Kier alpha value is -0.610. The van der Waals surface area contributed by atoms with Crippen LogP contribution in [0.5, 0.6) is 0 Å². The Morgan fingerprint density at radius 1 is 1.64 bits per heavy atom. The molecule has 0 aliphatic carbocycles. The zero-order chi connectivity index (χ0) is 8.10. The summed E-state index contributed by atoms with van der Waals surface area (Å²) in [6.07, 6.45) is 0.773. The van der Waals surface area contributed by atoms with Crippen molar-refractivity contribution in [1.29, 1.82) is 0 Å². The predicted molar refractivity (Wildman–Crippen MR) is 39.2 cm³/mol. The average molecular weight is 159 g/mol. The van der Waals surface area contributed by atoms with E-state index in [-0.39, 0.29) is 12.0 Å². The van der Waals surface area contributed by atoms with Gasteiger partial charge in [-0.1, -0.05) is 0 Å². The first-order valence-electron chi connectivity index (χ1n) is 3.73. The molecule has 1 N–H and O–H groups in total. The molecule has 1 rings (SSSR count). The van der Waals surface area contributed by atoms with E-state index in [9.17, 15) is 4.79 Å². The van der Waals surface area contributed by atoms with Crippen LogP contribution in [0.15, 0.2) is 0 Å². The van der Waals surface area contributed by atoms with Crippen LogP contribution in [0.3, 0.4) is 0 Å². The highest BCUT2D eigenvalue weighted by atomic mass is 16.5. The maximum absolute atomic E-state index is 10.8. The van der Waals surface area contributed by atoms with Crippen molar-refractivity contribution in [1.82, 2.24) is 5.32 Å². The van der Waals surface area contributed by atoms with E-state index in [1.54, 1.807) is 7.11 Å². The molecule has 0 radical (unpaired) electrons. The lowest BCUT2D eigenvalue weighted by atomic mass is 10.4. The first-order chi connectivity index (χ1) is 5.34. The van der Waals surface area contributed by atoms with Crippen molar-refractivity contribution in [3.63, 3.8) is 0 Å². The van der Waals surface area contributed by atoms with E-state index in [1.165, 1.54) is 0 Å². The van der Waals surface area contributed by atoms with Gasteiger partial charge >= 0.3 is 5.97 Å². The monoisotopic (exact) mass is 159 g/mol. The largest absolute Gasteiger partial charge is 0.464 e. The van der Waals surface area contributed by atoms with Crippen LogP contribution in [0, 0.1) is 0 Å². The zero-order valence-corrected chi connectivity index (χ0v) is 6.63. The van der Waals surface area contributed by atoms with E-state index in [0.29, 0.717) is 13.2 Å². The van der Waals surface area contributed by atoms with Gasteiger partial charge in [0.1, 0.15) is 6.04 Å². The molecule has 1 atom stereocenters. The Morgan fingerprint density at radius 2 is 2.36 bits per heavy atom. The van der Waals surface area contributed by atoms with Crippen LogP contribution in [0.1, 0.15) is 6.42 Å². The summed E-state index contributed by atoms with van der Waals surface area (Å²) in [4.78, 5) is 10.8. The van der Waals surface area contributed by atoms with E-state index < -0.39 is 0 Å². The summed E-state index contributed by atoms with van der Waals surface area (Å²) in [6, 6.07) is -0.0301. The van der Waals surface area contributed by atoms with Crippen molar-refractivity contribution in [2.45, 2.75) is 12.5 Å². The molecule has 1 fully saturated rings. The van der Waals surface area contributed by atoms with Crippen molar-refractivity contribution < 1.29 is 14.3 Å². The van der Waals surface area contributed by atoms with Crippen molar-refractivity contribution >= 4 is 5.97 Å². The molecular weight excluding hydrogens is 146 g/mol. The first kappa shape index (κ1) is 8.49. The van der Waals surface area contributed by atoms with Gasteiger partial charge in [-0.25, -0.2) is 0 Å². The van der Waals surface area contributed by atoms with Gasteiger partial charge in [0, 0.05) is 26.7 Å². The highest BCUT2D eigenvalue weighted by Crippen LogP contribution is 1.99. The number of hydrogen-bond acceptors (Lipinski definition) is 4. The quantitative estimate of drug-likeness (QED) is 0.335. The molecular formula is C7H13NO3. The van der Waals surface area contributed by atoms with Gasteiger partial charge in [0.05, 0.1) is 6.61 Å². The molecule has 0 amide bonds. The smallest absolute Gasteiger partial charge is 0.324 e. The summed E-state index contributed by atoms with van der Waals surface area (Å²) in [6.45, 7) is 1.87. The summed E-state index contributed by atoms with van der Waals surface area (Å²) in [7, 11) is 1.63. The van der Waals surface area contributed by atoms with Crippen LogP contribution in [0.4, 0.5) is 0 Å². The van der Waals surface area contributed by atoms with E-state index >= 15 is 0 Å². The molecule has 0 saturated carbocycles. The van der Waals surface area contributed by atoms with Crippen molar-refractivity contribution in [3.05, 3.63) is 0 Å². The van der Waals surface area contributed by atoms with Gasteiger partial charge in [0.2, 0.25) is 0 Å². The molecule has 0 bridgehead atoms. The topological polar surface area (TPSA) is 57.5 Å². The van der Waals surface area contributed by atoms with E-state index in [1.807, 2.05) is 0 Å². The third kappa shape index (κ3) is 3.34. The molecule has 0 aromatic heterocycles. The molecule has 4 heteroatoms. The highest BCUT2D eigenvalue weighted by Gasteiger charge is 2.29. The van der Waals surface area contributed by atoms with E-state index in [2.05, 4.69) is 5.32 Å². The number of methoxy groups -OCH3 is 1. The molecule has 1 aliphatic rings. The van der Waals surface area contributed by atoms with Gasteiger partial charge in [-0.3, -0.25) is 4.79 Å². The van der Waals surface area contributed by atoms with Gasteiger partial charge in [-0.15, -0.1) is 0 Å². The molecule has 1 saturated heterocycles. The van der Waals surface area contributed by atoms with Gasteiger partial charge < -0.3 is 14.8 Å². The fourth-order valence-corrected chi connectivity index (χ4v) is 0.702. The van der Waals surface area contributed by atoms with Gasteiger partial charge in [0.15, 0.2) is 0 Å². The number of hydrogen-bond donors (Lipinski definition) is 1. The average Bonchev–Trinajstić information content (AvgIpc) is 2.79. The molecule has 1 heterocycles. The third-order valence-corrected chi connectivity index (χ3v) is 1.43. The maximum Gasteiger partial charge on any atom is 0.324 e. The Balaban J connectivity index is 1.89. The normalized spacial score (nSPS) is 21.4. The van der Waals surface area contributed by atoms with Gasteiger partial charge in [-0.2, -0.15) is 0 Å². The second-order valence-corrected chi connectivity index (χ2v) is 2.47. The fourth-order valence-electron chi connectivity index (χ4n) is 0.702. The number of esters is 1. The van der Waals surface area contributed by atoms with E-state index in [0.717, 1.165) is 13.0 Å². The molecule has 0 unspecified atom stereocenters. The summed E-state index contributed by atoms with van der Waals surface area (Å²) < 4.78 is 9.68. The van der Waals surface area contributed by atoms with Crippen molar-refractivity contribution in [3.8, 4) is 0 Å². The molecule has 1 aliphatic heterocycles. The second kappa shape index (κ2) is 4.31. The summed E-state index contributed by atoms with van der Waals surface area (Å²) in [5.74, 6) is -0.138. The minimum Gasteiger partial charge on any atom is -0.464 e. The van der Waals surface area contributed by atoms with Crippen LogP contribution in [-0.2, 0) is 14.3 Å². The lowest BCUT2D eigenvalue weighted by molar-refractivity contribution is -0.143. The zero-order valence-electron chi connectivity index (χ0n) is 6.63. The molecule has 11 heavy (non-hydrogen) atoms. The van der Waals surface area contributed by atoms with Gasteiger partial charge in [0.25, 0.3) is 0 Å². The molecule has 64 valence electrons. The number of ether oxygens (including phenoxy) is 2. The van der Waals surface area contributed by atoms with Crippen molar-refractivity contribution in [2.24, 2.45) is 0 Å². The van der Waals surface area contributed by atoms with Crippen LogP contribution in [0.25, 0.3) is 0 Å². The fraction of sp³-hybridized carbons (Fsp3) is 0.857. The molecule has 0 aromatic rings. The van der Waals surface area contributed by atoms with Crippen molar-refractivity contribution in [2.75, 3.05) is 26.9 Å².